The van der Waals surface area contributed by atoms with E-state index in [9.17, 15) is 8.78 Å². The number of nitrogens with one attached hydrogen (secondary N) is 1. The number of benzene rings is 2. The normalized spacial score (nSPS) is 10.8. The Morgan fingerprint density at radius 3 is 2.55 bits per heavy atom. The van der Waals surface area contributed by atoms with Crippen LogP contribution in [0.4, 0.5) is 8.78 Å². The van der Waals surface area contributed by atoms with Crippen molar-refractivity contribution < 1.29 is 8.78 Å². The molecule has 0 amide bonds. The Bertz CT molecular complexity index is 594. The van der Waals surface area contributed by atoms with Crippen LogP contribution in [0.3, 0.4) is 0 Å². The minimum Gasteiger partial charge on any atom is -0.313 e. The quantitative estimate of drug-likeness (QED) is 0.795. The standard InChI is InChI=1S/C17H19F2N/c1-3-8-20-11-13-5-6-14(18)10-15(13)16-9-12(2)4-7-17(16)19/h4-7,9-10,20H,3,8,11H2,1-2H3. The van der Waals surface area contributed by atoms with Gasteiger partial charge in [0.15, 0.2) is 0 Å². The third-order valence-corrected chi connectivity index (χ3v) is 3.23. The molecule has 0 radical (unpaired) electrons. The molecular formula is C17H19F2N. The van der Waals surface area contributed by atoms with Crippen LogP contribution in [0, 0.1) is 18.6 Å². The maximum atomic E-state index is 14.0. The lowest BCUT2D eigenvalue weighted by Crippen LogP contribution is -2.14. The molecule has 0 aromatic heterocycles. The van der Waals surface area contributed by atoms with E-state index in [1.165, 1.54) is 18.2 Å². The lowest BCUT2D eigenvalue weighted by Gasteiger charge is -2.12. The highest BCUT2D eigenvalue weighted by Gasteiger charge is 2.11. The fraction of sp³-hybridized carbons (Fsp3) is 0.294. The molecule has 106 valence electrons. The van der Waals surface area contributed by atoms with Gasteiger partial charge in [-0.1, -0.05) is 24.6 Å². The average Bonchev–Trinajstić information content (AvgIpc) is 2.43. The van der Waals surface area contributed by atoms with Gasteiger partial charge in [0.05, 0.1) is 0 Å². The van der Waals surface area contributed by atoms with Crippen LogP contribution in [0.15, 0.2) is 36.4 Å². The second-order valence-electron chi connectivity index (χ2n) is 4.96. The maximum absolute atomic E-state index is 14.0. The van der Waals surface area contributed by atoms with Gasteiger partial charge >= 0.3 is 0 Å². The molecule has 0 aliphatic rings. The Hall–Kier alpha value is -1.74. The molecule has 2 rings (SSSR count). The molecule has 0 aliphatic carbocycles. The van der Waals surface area contributed by atoms with Gasteiger partial charge in [-0.2, -0.15) is 0 Å². The molecule has 0 atom stereocenters. The molecule has 0 saturated heterocycles. The molecule has 2 aromatic carbocycles. The Morgan fingerprint density at radius 1 is 1.00 bits per heavy atom. The largest absolute Gasteiger partial charge is 0.313 e. The van der Waals surface area contributed by atoms with Crippen LogP contribution < -0.4 is 5.32 Å². The van der Waals surface area contributed by atoms with E-state index >= 15 is 0 Å². The predicted octanol–water partition coefficient (Wildman–Crippen LogP) is 4.44. The SMILES string of the molecule is CCCNCc1ccc(F)cc1-c1cc(C)ccc1F. The van der Waals surface area contributed by atoms with E-state index in [2.05, 4.69) is 12.2 Å². The Morgan fingerprint density at radius 2 is 1.80 bits per heavy atom. The van der Waals surface area contributed by atoms with E-state index in [-0.39, 0.29) is 11.6 Å². The average molecular weight is 275 g/mol. The van der Waals surface area contributed by atoms with Gasteiger partial charge in [0, 0.05) is 12.1 Å². The zero-order valence-corrected chi connectivity index (χ0v) is 11.8. The summed E-state index contributed by atoms with van der Waals surface area (Å²) >= 11 is 0. The van der Waals surface area contributed by atoms with Gasteiger partial charge in [0.2, 0.25) is 0 Å². The van der Waals surface area contributed by atoms with E-state index in [1.807, 2.05) is 6.92 Å². The molecular weight excluding hydrogens is 256 g/mol. The van der Waals surface area contributed by atoms with Crippen molar-refractivity contribution >= 4 is 0 Å². The summed E-state index contributed by atoms with van der Waals surface area (Å²) in [5, 5.41) is 3.27. The zero-order chi connectivity index (χ0) is 14.5. The van der Waals surface area contributed by atoms with Crippen LogP contribution in [-0.4, -0.2) is 6.54 Å². The van der Waals surface area contributed by atoms with Gasteiger partial charge < -0.3 is 5.32 Å². The summed E-state index contributed by atoms with van der Waals surface area (Å²) in [7, 11) is 0. The van der Waals surface area contributed by atoms with Gasteiger partial charge in [0.25, 0.3) is 0 Å². The molecule has 2 aromatic rings. The highest BCUT2D eigenvalue weighted by Crippen LogP contribution is 2.28. The Kier molecular flexibility index (Phi) is 4.85. The van der Waals surface area contributed by atoms with E-state index in [1.54, 1.807) is 18.2 Å². The molecule has 20 heavy (non-hydrogen) atoms. The third-order valence-electron chi connectivity index (χ3n) is 3.23. The lowest BCUT2D eigenvalue weighted by atomic mass is 9.97. The van der Waals surface area contributed by atoms with Crippen molar-refractivity contribution in [3.8, 4) is 11.1 Å². The lowest BCUT2D eigenvalue weighted by molar-refractivity contribution is 0.621. The highest BCUT2D eigenvalue weighted by molar-refractivity contribution is 5.68. The predicted molar refractivity (Wildman–Crippen MR) is 78.5 cm³/mol. The van der Waals surface area contributed by atoms with Crippen molar-refractivity contribution in [1.82, 2.24) is 5.32 Å². The summed E-state index contributed by atoms with van der Waals surface area (Å²) in [6.07, 6.45) is 1.02. The molecule has 0 aliphatic heterocycles. The first-order valence-electron chi connectivity index (χ1n) is 6.87. The second kappa shape index (κ2) is 6.62. The van der Waals surface area contributed by atoms with Crippen LogP contribution in [-0.2, 0) is 6.54 Å². The molecule has 1 nitrogen and oxygen atoms in total. The Balaban J connectivity index is 2.42. The molecule has 3 heteroatoms. The maximum Gasteiger partial charge on any atom is 0.131 e. The van der Waals surface area contributed by atoms with Crippen LogP contribution in [0.5, 0.6) is 0 Å². The fourth-order valence-electron chi connectivity index (χ4n) is 2.20. The number of hydrogen-bond donors (Lipinski definition) is 1. The van der Waals surface area contributed by atoms with E-state index in [4.69, 9.17) is 0 Å². The van der Waals surface area contributed by atoms with E-state index < -0.39 is 0 Å². The summed E-state index contributed by atoms with van der Waals surface area (Å²) in [6.45, 7) is 5.47. The highest BCUT2D eigenvalue weighted by atomic mass is 19.1. The summed E-state index contributed by atoms with van der Waals surface area (Å²) in [4.78, 5) is 0. The van der Waals surface area contributed by atoms with Crippen molar-refractivity contribution in [3.63, 3.8) is 0 Å². The van der Waals surface area contributed by atoms with Crippen molar-refractivity contribution in [1.29, 1.82) is 0 Å². The summed E-state index contributed by atoms with van der Waals surface area (Å²) < 4.78 is 27.5. The van der Waals surface area contributed by atoms with Crippen molar-refractivity contribution in [2.24, 2.45) is 0 Å². The topological polar surface area (TPSA) is 12.0 Å². The van der Waals surface area contributed by atoms with Gasteiger partial charge in [-0.15, -0.1) is 0 Å². The van der Waals surface area contributed by atoms with E-state index in [0.29, 0.717) is 17.7 Å². The number of hydrogen-bond acceptors (Lipinski definition) is 1. The first-order valence-corrected chi connectivity index (χ1v) is 6.87. The van der Waals surface area contributed by atoms with Crippen LogP contribution in [0.1, 0.15) is 24.5 Å². The summed E-state index contributed by atoms with van der Waals surface area (Å²) in [5.41, 5.74) is 2.94. The Labute approximate surface area is 118 Å². The van der Waals surface area contributed by atoms with Gasteiger partial charge in [-0.3, -0.25) is 0 Å². The molecule has 0 bridgehead atoms. The molecule has 0 spiro atoms. The zero-order valence-electron chi connectivity index (χ0n) is 11.8. The first-order chi connectivity index (χ1) is 9.61. The number of halogens is 2. The summed E-state index contributed by atoms with van der Waals surface area (Å²) in [6, 6.07) is 9.44. The molecule has 0 heterocycles. The minimum absolute atomic E-state index is 0.321. The first kappa shape index (κ1) is 14.7. The number of rotatable bonds is 5. The molecule has 1 N–H and O–H groups in total. The number of aryl methyl sites for hydroxylation is 1. The third kappa shape index (κ3) is 3.42. The van der Waals surface area contributed by atoms with Crippen LogP contribution in [0.2, 0.25) is 0 Å². The van der Waals surface area contributed by atoms with Crippen LogP contribution >= 0.6 is 0 Å². The van der Waals surface area contributed by atoms with Crippen molar-refractivity contribution in [2.45, 2.75) is 26.8 Å². The van der Waals surface area contributed by atoms with Crippen molar-refractivity contribution in [3.05, 3.63) is 59.2 Å². The van der Waals surface area contributed by atoms with Gasteiger partial charge in [-0.25, -0.2) is 8.78 Å². The fourth-order valence-corrected chi connectivity index (χ4v) is 2.20. The van der Waals surface area contributed by atoms with Gasteiger partial charge in [0.1, 0.15) is 11.6 Å². The van der Waals surface area contributed by atoms with Crippen molar-refractivity contribution in [2.75, 3.05) is 6.54 Å². The monoisotopic (exact) mass is 275 g/mol. The smallest absolute Gasteiger partial charge is 0.131 e. The second-order valence-corrected chi connectivity index (χ2v) is 4.96. The minimum atomic E-state index is -0.347. The molecule has 0 unspecified atom stereocenters. The molecule has 0 fully saturated rings. The van der Waals surface area contributed by atoms with Crippen LogP contribution in [0.25, 0.3) is 11.1 Å². The molecule has 0 saturated carbocycles. The van der Waals surface area contributed by atoms with Gasteiger partial charge in [-0.05, 0) is 55.3 Å². The van der Waals surface area contributed by atoms with E-state index in [0.717, 1.165) is 24.1 Å². The summed E-state index contributed by atoms with van der Waals surface area (Å²) in [5.74, 6) is -0.668.